The average molecular weight is 431 g/mol. The highest BCUT2D eigenvalue weighted by atomic mass is 16.2. The van der Waals surface area contributed by atoms with Gasteiger partial charge in [0, 0.05) is 31.1 Å². The Balaban J connectivity index is 0. The maximum Gasteiger partial charge on any atom is 0.154 e. The molecule has 176 valence electrons. The molecule has 0 saturated carbocycles. The van der Waals surface area contributed by atoms with E-state index in [9.17, 15) is 0 Å². The fourth-order valence-electron chi connectivity index (χ4n) is 2.91. The van der Waals surface area contributed by atoms with E-state index in [-0.39, 0.29) is 0 Å². The smallest absolute Gasteiger partial charge is 0.154 e. The van der Waals surface area contributed by atoms with Gasteiger partial charge in [-0.1, -0.05) is 68.4 Å². The summed E-state index contributed by atoms with van der Waals surface area (Å²) in [6.45, 7) is 22.5. The van der Waals surface area contributed by atoms with Gasteiger partial charge in [-0.2, -0.15) is 0 Å². The maximum absolute atomic E-state index is 7.00. The minimum atomic E-state index is 0.418. The van der Waals surface area contributed by atoms with Crippen molar-refractivity contribution in [3.63, 3.8) is 0 Å². The lowest BCUT2D eigenvalue weighted by Gasteiger charge is -2.20. The summed E-state index contributed by atoms with van der Waals surface area (Å²) in [5.41, 5.74) is 6.19. The summed E-state index contributed by atoms with van der Waals surface area (Å²) < 4.78 is 0. The van der Waals surface area contributed by atoms with E-state index >= 15 is 0 Å². The van der Waals surface area contributed by atoms with Crippen molar-refractivity contribution in [3.05, 3.63) is 47.7 Å². The zero-order valence-electron chi connectivity index (χ0n) is 21.9. The first-order valence-electron chi connectivity index (χ1n) is 11.6. The highest BCUT2D eigenvalue weighted by molar-refractivity contribution is 5.67. The number of rotatable bonds is 7. The van der Waals surface area contributed by atoms with Crippen LogP contribution in [0.5, 0.6) is 0 Å². The van der Waals surface area contributed by atoms with Crippen LogP contribution in [0.15, 0.2) is 24.9 Å². The molecule has 0 unspecified atom stereocenters. The number of hydrogen-bond acceptors (Lipinski definition) is 5. The van der Waals surface area contributed by atoms with Crippen molar-refractivity contribution in [2.24, 2.45) is 0 Å². The topological polar surface area (TPSA) is 62.1 Å². The van der Waals surface area contributed by atoms with Gasteiger partial charge in [0.25, 0.3) is 0 Å². The highest BCUT2D eigenvalue weighted by Gasteiger charge is 2.17. The lowest BCUT2D eigenvalue weighted by Crippen LogP contribution is -2.15. The summed E-state index contributed by atoms with van der Waals surface area (Å²) in [6.07, 6.45) is 4.60. The van der Waals surface area contributed by atoms with E-state index in [1.54, 1.807) is 6.20 Å². The number of anilines is 1. The number of aliphatic hydroxyl groups excluding tert-OH is 1. The Morgan fingerprint density at radius 3 is 2.03 bits per heavy atom. The van der Waals surface area contributed by atoms with Gasteiger partial charge in [0.2, 0.25) is 0 Å². The van der Waals surface area contributed by atoms with Gasteiger partial charge in [-0.15, -0.1) is 0 Å². The van der Waals surface area contributed by atoms with Crippen molar-refractivity contribution in [2.45, 2.75) is 87.5 Å². The zero-order chi connectivity index (χ0) is 24.6. The molecule has 0 aliphatic carbocycles. The Morgan fingerprint density at radius 2 is 1.58 bits per heavy atom. The molecular weight excluding hydrogens is 384 g/mol. The fraction of sp³-hybridized carbons (Fsp3) is 0.577. The molecule has 0 radical (unpaired) electrons. The van der Waals surface area contributed by atoms with Crippen LogP contribution in [0.2, 0.25) is 0 Å². The normalized spacial score (nSPS) is 9.45. The van der Waals surface area contributed by atoms with Gasteiger partial charge in [0.05, 0.1) is 17.1 Å². The van der Waals surface area contributed by atoms with E-state index < -0.39 is 0 Å². The van der Waals surface area contributed by atoms with E-state index in [2.05, 4.69) is 46.4 Å². The third-order valence-electron chi connectivity index (χ3n) is 4.39. The number of hydrogen-bond donors (Lipinski definition) is 1. The Labute approximate surface area is 191 Å². The summed E-state index contributed by atoms with van der Waals surface area (Å²) in [5, 5.41) is 7.00. The van der Waals surface area contributed by atoms with Crippen molar-refractivity contribution in [2.75, 3.05) is 19.1 Å². The number of aliphatic hydroxyl groups is 1. The van der Waals surface area contributed by atoms with Crippen LogP contribution >= 0.6 is 0 Å². The molecule has 0 saturated heterocycles. The fourth-order valence-corrected chi connectivity index (χ4v) is 2.91. The van der Waals surface area contributed by atoms with Gasteiger partial charge >= 0.3 is 0 Å². The lowest BCUT2D eigenvalue weighted by atomic mass is 10.0. The van der Waals surface area contributed by atoms with Crippen molar-refractivity contribution in [1.82, 2.24) is 15.0 Å². The van der Waals surface area contributed by atoms with Crippen molar-refractivity contribution in [1.29, 1.82) is 0 Å². The van der Waals surface area contributed by atoms with E-state index in [4.69, 9.17) is 20.1 Å². The highest BCUT2D eigenvalue weighted by Crippen LogP contribution is 2.29. The van der Waals surface area contributed by atoms with Gasteiger partial charge in [-0.3, -0.25) is 9.97 Å². The molecule has 5 nitrogen and oxygen atoms in total. The Hall–Kier alpha value is -2.27. The largest absolute Gasteiger partial charge is 0.400 e. The lowest BCUT2D eigenvalue weighted by molar-refractivity contribution is 0.399. The summed E-state index contributed by atoms with van der Waals surface area (Å²) in [4.78, 5) is 16.6. The molecule has 31 heavy (non-hydrogen) atoms. The van der Waals surface area contributed by atoms with E-state index in [0.717, 1.165) is 66.2 Å². The molecule has 0 fully saturated rings. The zero-order valence-corrected chi connectivity index (χ0v) is 21.9. The maximum atomic E-state index is 7.00. The number of pyridine rings is 1. The molecule has 0 aliphatic rings. The number of aromatic nitrogens is 3. The molecule has 0 spiro atoms. The molecule has 2 aromatic rings. The predicted molar refractivity (Wildman–Crippen MR) is 137 cm³/mol. The first kappa shape index (κ1) is 30.9. The predicted octanol–water partition coefficient (Wildman–Crippen LogP) is 6.73. The Bertz CT molecular complexity index is 757. The molecule has 0 atom stereocenters. The third-order valence-corrected chi connectivity index (χ3v) is 4.39. The van der Waals surface area contributed by atoms with Gasteiger partial charge < -0.3 is 10.0 Å². The van der Waals surface area contributed by atoms with E-state index in [0.29, 0.717) is 5.92 Å². The second-order valence-corrected chi connectivity index (χ2v) is 6.71. The van der Waals surface area contributed by atoms with Crippen LogP contribution in [0.1, 0.15) is 90.5 Å². The minimum absolute atomic E-state index is 0.418. The van der Waals surface area contributed by atoms with Gasteiger partial charge in [-0.25, -0.2) is 4.98 Å². The van der Waals surface area contributed by atoms with Crippen LogP contribution in [0.4, 0.5) is 5.82 Å². The monoisotopic (exact) mass is 430 g/mol. The molecule has 2 rings (SSSR count). The SMILES string of the molecule is C=CN(C)c1nc(-c2ccc(C(C)C)nc2CC)c(C)nc1CCC.CC.CC.CO. The van der Waals surface area contributed by atoms with Gasteiger partial charge in [-0.05, 0) is 44.0 Å². The minimum Gasteiger partial charge on any atom is -0.400 e. The Morgan fingerprint density at radius 1 is 1.00 bits per heavy atom. The van der Waals surface area contributed by atoms with Crippen LogP contribution in [-0.2, 0) is 12.8 Å². The van der Waals surface area contributed by atoms with E-state index in [1.165, 1.54) is 0 Å². The summed E-state index contributed by atoms with van der Waals surface area (Å²) >= 11 is 0. The second-order valence-electron chi connectivity index (χ2n) is 6.71. The van der Waals surface area contributed by atoms with Crippen LogP contribution in [0.25, 0.3) is 11.3 Å². The molecule has 0 amide bonds. The average Bonchev–Trinajstić information content (AvgIpc) is 2.82. The third kappa shape index (κ3) is 8.78. The van der Waals surface area contributed by atoms with Crippen LogP contribution in [-0.4, -0.2) is 34.2 Å². The molecule has 0 aromatic carbocycles. The van der Waals surface area contributed by atoms with Gasteiger partial charge in [0.15, 0.2) is 5.82 Å². The van der Waals surface area contributed by atoms with Crippen molar-refractivity contribution >= 4 is 5.82 Å². The van der Waals surface area contributed by atoms with Crippen LogP contribution in [0, 0.1) is 6.92 Å². The number of nitrogens with zero attached hydrogens (tertiary/aromatic N) is 4. The molecule has 2 heterocycles. The molecular formula is C26H46N4O. The van der Waals surface area contributed by atoms with Crippen molar-refractivity contribution < 1.29 is 5.11 Å². The first-order valence-corrected chi connectivity index (χ1v) is 11.6. The summed E-state index contributed by atoms with van der Waals surface area (Å²) in [6, 6.07) is 4.26. The van der Waals surface area contributed by atoms with Crippen LogP contribution in [0.3, 0.4) is 0 Å². The second kappa shape index (κ2) is 17.4. The molecule has 0 aliphatic heterocycles. The molecule has 0 bridgehead atoms. The van der Waals surface area contributed by atoms with Crippen LogP contribution < -0.4 is 4.90 Å². The Kier molecular flexibility index (Phi) is 17.4. The van der Waals surface area contributed by atoms with Crippen molar-refractivity contribution in [3.8, 4) is 11.3 Å². The van der Waals surface area contributed by atoms with E-state index in [1.807, 2.05) is 46.6 Å². The molecule has 5 heteroatoms. The van der Waals surface area contributed by atoms with Gasteiger partial charge in [0.1, 0.15) is 0 Å². The molecule has 1 N–H and O–H groups in total. The molecule has 2 aromatic heterocycles. The summed E-state index contributed by atoms with van der Waals surface area (Å²) in [5.74, 6) is 1.30. The summed E-state index contributed by atoms with van der Waals surface area (Å²) in [7, 11) is 2.97. The standard InChI is InChI=1S/C21H30N4.2C2H6.CH4O/c1-8-11-19-21(25(7)10-3)24-20(15(6)22-19)16-12-13-18(14(4)5)23-17(16)9-2;3*1-2/h10,12-14H,3,8-9,11H2,1-2,4-7H3;2*1-2H3;2H,1H3. The quantitative estimate of drug-likeness (QED) is 0.528. The first-order chi connectivity index (χ1) is 14.9. The number of aryl methyl sites for hydroxylation is 3.